The number of ether oxygens (including phenoxy) is 3. The van der Waals surface area contributed by atoms with E-state index in [1.54, 1.807) is 11.8 Å². The van der Waals surface area contributed by atoms with Gasteiger partial charge in [0, 0.05) is 20.3 Å². The fraction of sp³-hybridized carbons (Fsp3) is 0.769. The van der Waals surface area contributed by atoms with Crippen molar-refractivity contribution >= 4 is 5.97 Å². The smallest absolute Gasteiger partial charge is 0.360 e. The zero-order valence-corrected chi connectivity index (χ0v) is 12.0. The van der Waals surface area contributed by atoms with E-state index in [2.05, 4.69) is 10.3 Å². The summed E-state index contributed by atoms with van der Waals surface area (Å²) in [6.45, 7) is 3.96. The molecule has 0 spiro atoms. The van der Waals surface area contributed by atoms with Crippen LogP contribution in [0.3, 0.4) is 0 Å². The third-order valence-electron chi connectivity index (χ3n) is 3.38. The Morgan fingerprint density at radius 3 is 3.05 bits per heavy atom. The predicted molar refractivity (Wildman–Crippen MR) is 70.5 cm³/mol. The third-order valence-corrected chi connectivity index (χ3v) is 3.38. The van der Waals surface area contributed by atoms with Crippen LogP contribution >= 0.6 is 0 Å². The van der Waals surface area contributed by atoms with E-state index in [1.807, 2.05) is 6.92 Å². The monoisotopic (exact) mass is 283 g/mol. The number of carbonyl (C=O) groups excluding carboxylic acids is 1. The van der Waals surface area contributed by atoms with Crippen LogP contribution in [0, 0.1) is 6.92 Å². The van der Waals surface area contributed by atoms with Gasteiger partial charge in [-0.3, -0.25) is 0 Å². The lowest BCUT2D eigenvalue weighted by Gasteiger charge is -2.09. The third kappa shape index (κ3) is 3.77. The van der Waals surface area contributed by atoms with Crippen molar-refractivity contribution in [3.05, 3.63) is 11.4 Å². The Kier molecular flexibility index (Phi) is 5.49. The molecule has 0 bridgehead atoms. The van der Waals surface area contributed by atoms with E-state index in [-0.39, 0.29) is 12.3 Å². The van der Waals surface area contributed by atoms with Gasteiger partial charge < -0.3 is 14.2 Å². The molecule has 1 aromatic heterocycles. The van der Waals surface area contributed by atoms with Gasteiger partial charge >= 0.3 is 5.97 Å². The van der Waals surface area contributed by atoms with Crippen LogP contribution in [0.1, 0.15) is 35.4 Å². The first-order valence-corrected chi connectivity index (χ1v) is 6.90. The van der Waals surface area contributed by atoms with Crippen molar-refractivity contribution in [2.24, 2.45) is 0 Å². The fourth-order valence-electron chi connectivity index (χ4n) is 2.19. The van der Waals surface area contributed by atoms with E-state index < -0.39 is 5.97 Å². The van der Waals surface area contributed by atoms with Crippen molar-refractivity contribution in [3.63, 3.8) is 0 Å². The molecule has 7 heteroatoms. The van der Waals surface area contributed by atoms with Crippen molar-refractivity contribution in [3.8, 4) is 0 Å². The van der Waals surface area contributed by atoms with E-state index >= 15 is 0 Å². The van der Waals surface area contributed by atoms with E-state index in [1.165, 1.54) is 0 Å². The molecule has 0 N–H and O–H groups in total. The minimum absolute atomic E-state index is 0.220. The minimum Gasteiger partial charge on any atom is -0.458 e. The van der Waals surface area contributed by atoms with Crippen LogP contribution in [-0.4, -0.2) is 54.0 Å². The SMILES string of the molecule is COCCOC(=O)c1nnn(CCC2CCCO2)c1C. The van der Waals surface area contributed by atoms with Gasteiger partial charge in [-0.15, -0.1) is 5.10 Å². The summed E-state index contributed by atoms with van der Waals surface area (Å²) in [7, 11) is 1.56. The van der Waals surface area contributed by atoms with E-state index in [4.69, 9.17) is 14.2 Å². The number of carbonyl (C=O) groups is 1. The zero-order valence-electron chi connectivity index (χ0n) is 12.0. The summed E-state index contributed by atoms with van der Waals surface area (Å²) >= 11 is 0. The van der Waals surface area contributed by atoms with Gasteiger partial charge in [0.25, 0.3) is 0 Å². The van der Waals surface area contributed by atoms with E-state index in [0.717, 1.165) is 31.6 Å². The van der Waals surface area contributed by atoms with Gasteiger partial charge in [-0.25, -0.2) is 9.48 Å². The number of rotatable bonds is 7. The van der Waals surface area contributed by atoms with Gasteiger partial charge in [-0.2, -0.15) is 0 Å². The Morgan fingerprint density at radius 2 is 2.35 bits per heavy atom. The molecule has 0 saturated carbocycles. The maximum atomic E-state index is 11.8. The number of esters is 1. The van der Waals surface area contributed by atoms with Crippen LogP contribution in [0.2, 0.25) is 0 Å². The summed E-state index contributed by atoms with van der Waals surface area (Å²) in [5, 5.41) is 7.90. The van der Waals surface area contributed by atoms with Crippen molar-refractivity contribution in [2.45, 2.75) is 38.8 Å². The molecule has 1 aliphatic heterocycles. The molecule has 7 nitrogen and oxygen atoms in total. The highest BCUT2D eigenvalue weighted by atomic mass is 16.6. The first-order valence-electron chi connectivity index (χ1n) is 6.90. The molecule has 112 valence electrons. The van der Waals surface area contributed by atoms with E-state index in [0.29, 0.717) is 19.3 Å². The Bertz CT molecular complexity index is 441. The average Bonchev–Trinajstić information content (AvgIpc) is 3.06. The summed E-state index contributed by atoms with van der Waals surface area (Å²) in [6, 6.07) is 0. The van der Waals surface area contributed by atoms with Gasteiger partial charge in [-0.05, 0) is 26.2 Å². The normalized spacial score (nSPS) is 18.4. The van der Waals surface area contributed by atoms with Gasteiger partial charge in [0.15, 0.2) is 5.69 Å². The Morgan fingerprint density at radius 1 is 1.50 bits per heavy atom. The number of aromatic nitrogens is 3. The highest BCUT2D eigenvalue weighted by Gasteiger charge is 2.20. The van der Waals surface area contributed by atoms with Crippen LogP contribution < -0.4 is 0 Å². The lowest BCUT2D eigenvalue weighted by Crippen LogP contribution is -2.13. The minimum atomic E-state index is -0.456. The summed E-state index contributed by atoms with van der Waals surface area (Å²) < 4.78 is 17.2. The molecule has 1 aromatic rings. The van der Waals surface area contributed by atoms with Gasteiger partial charge in [0.05, 0.1) is 18.4 Å². The standard InChI is InChI=1S/C13H21N3O4/c1-10-12(13(17)20-9-8-18-2)14-15-16(10)6-5-11-4-3-7-19-11/h11H,3-9H2,1-2H3. The molecule has 20 heavy (non-hydrogen) atoms. The summed E-state index contributed by atoms with van der Waals surface area (Å²) in [5.74, 6) is -0.456. The molecule has 2 rings (SSSR count). The molecule has 0 radical (unpaired) electrons. The second-order valence-electron chi connectivity index (χ2n) is 4.80. The van der Waals surface area contributed by atoms with Crippen LogP contribution in [0.4, 0.5) is 0 Å². The Labute approximate surface area is 118 Å². The molecule has 1 atom stereocenters. The second kappa shape index (κ2) is 7.35. The molecule has 1 fully saturated rings. The summed E-state index contributed by atoms with van der Waals surface area (Å²) in [4.78, 5) is 11.8. The van der Waals surface area contributed by atoms with Crippen molar-refractivity contribution in [2.75, 3.05) is 26.9 Å². The zero-order chi connectivity index (χ0) is 14.4. The number of methoxy groups -OCH3 is 1. The molecule has 0 amide bonds. The summed E-state index contributed by atoms with van der Waals surface area (Å²) in [5.41, 5.74) is 0.999. The van der Waals surface area contributed by atoms with E-state index in [9.17, 15) is 4.79 Å². The van der Waals surface area contributed by atoms with Gasteiger partial charge in [0.1, 0.15) is 6.61 Å². The molecule has 1 saturated heterocycles. The highest BCUT2D eigenvalue weighted by Crippen LogP contribution is 2.16. The largest absolute Gasteiger partial charge is 0.458 e. The quantitative estimate of drug-likeness (QED) is 0.548. The van der Waals surface area contributed by atoms with Crippen molar-refractivity contribution < 1.29 is 19.0 Å². The molecule has 1 aliphatic rings. The number of hydrogen-bond donors (Lipinski definition) is 0. The summed E-state index contributed by atoms with van der Waals surface area (Å²) in [6.07, 6.45) is 3.41. The van der Waals surface area contributed by atoms with Crippen LogP contribution in [-0.2, 0) is 20.8 Å². The average molecular weight is 283 g/mol. The molecule has 0 aromatic carbocycles. The Hall–Kier alpha value is -1.47. The number of hydrogen-bond acceptors (Lipinski definition) is 6. The number of aryl methyl sites for hydroxylation is 1. The first-order chi connectivity index (χ1) is 9.72. The maximum absolute atomic E-state index is 11.8. The van der Waals surface area contributed by atoms with Crippen LogP contribution in [0.15, 0.2) is 0 Å². The van der Waals surface area contributed by atoms with Crippen LogP contribution in [0.5, 0.6) is 0 Å². The molecule has 1 unspecified atom stereocenters. The lowest BCUT2D eigenvalue weighted by atomic mass is 10.2. The maximum Gasteiger partial charge on any atom is 0.360 e. The predicted octanol–water partition coefficient (Wildman–Crippen LogP) is 0.959. The first kappa shape index (κ1) is 14.9. The van der Waals surface area contributed by atoms with Gasteiger partial charge in [-0.1, -0.05) is 5.21 Å². The lowest BCUT2D eigenvalue weighted by molar-refractivity contribution is 0.0380. The van der Waals surface area contributed by atoms with Crippen molar-refractivity contribution in [1.29, 1.82) is 0 Å². The van der Waals surface area contributed by atoms with Gasteiger partial charge in [0.2, 0.25) is 0 Å². The second-order valence-corrected chi connectivity index (χ2v) is 4.80. The van der Waals surface area contributed by atoms with Crippen molar-refractivity contribution in [1.82, 2.24) is 15.0 Å². The molecule has 0 aliphatic carbocycles. The number of nitrogens with zero attached hydrogens (tertiary/aromatic N) is 3. The molecular weight excluding hydrogens is 262 g/mol. The Balaban J connectivity index is 1.87. The van der Waals surface area contributed by atoms with Crippen LogP contribution in [0.25, 0.3) is 0 Å². The fourth-order valence-corrected chi connectivity index (χ4v) is 2.19. The molecule has 2 heterocycles. The highest BCUT2D eigenvalue weighted by molar-refractivity contribution is 5.88. The molecular formula is C13H21N3O4. The topological polar surface area (TPSA) is 75.5 Å².